The molecule has 2 aromatic heterocycles. The summed E-state index contributed by atoms with van der Waals surface area (Å²) in [5, 5.41) is 10.8. The number of fused-ring (bicyclic) bond motifs is 1. The van der Waals surface area contributed by atoms with Crippen LogP contribution in [-0.2, 0) is 0 Å². The highest BCUT2D eigenvalue weighted by Gasteiger charge is 2.17. The van der Waals surface area contributed by atoms with Crippen LogP contribution in [-0.4, -0.2) is 14.6 Å². The maximum atomic E-state index is 10.8. The van der Waals surface area contributed by atoms with Gasteiger partial charge in [0.25, 0.3) is 5.69 Å². The Balaban J connectivity index is 2.05. The molecule has 2 heterocycles. The largest absolute Gasteiger partial charge is 0.422 e. The van der Waals surface area contributed by atoms with E-state index in [4.69, 9.17) is 4.42 Å². The summed E-state index contributed by atoms with van der Waals surface area (Å²) in [6, 6.07) is 8.46. The van der Waals surface area contributed by atoms with E-state index in [2.05, 4.69) is 10.4 Å². The Morgan fingerprint density at radius 2 is 2.06 bits per heavy atom. The molecule has 90 valence electrons. The van der Waals surface area contributed by atoms with Crippen LogP contribution in [0.5, 0.6) is 0 Å². The van der Waals surface area contributed by atoms with Crippen LogP contribution in [0.4, 0.5) is 11.7 Å². The van der Waals surface area contributed by atoms with Gasteiger partial charge in [-0.25, -0.2) is 5.43 Å². The number of anilines is 1. The second-order valence-corrected chi connectivity index (χ2v) is 3.60. The summed E-state index contributed by atoms with van der Waals surface area (Å²) in [5.41, 5.74) is 3.39. The van der Waals surface area contributed by atoms with Crippen molar-refractivity contribution in [3.05, 3.63) is 52.8 Å². The van der Waals surface area contributed by atoms with Gasteiger partial charge in [0.05, 0.1) is 4.92 Å². The third-order valence-corrected chi connectivity index (χ3v) is 2.42. The average Bonchev–Trinajstić information content (AvgIpc) is 2.96. The molecule has 0 bridgehead atoms. The van der Waals surface area contributed by atoms with Crippen molar-refractivity contribution in [2.24, 2.45) is 0 Å². The highest BCUT2D eigenvalue weighted by Crippen LogP contribution is 2.27. The van der Waals surface area contributed by atoms with Crippen LogP contribution in [0.2, 0.25) is 0 Å². The standard InChI is InChI=1S/C11H8N4O3/c16-15(17)8-4-3-5-9-10(8)12-11(18-9)13-14-6-1-2-7-14/h1-7H,(H,12,13). The highest BCUT2D eigenvalue weighted by atomic mass is 16.6. The lowest BCUT2D eigenvalue weighted by Gasteiger charge is -1.99. The topological polar surface area (TPSA) is 86.1 Å². The molecular weight excluding hydrogens is 236 g/mol. The number of nitrogens with zero attached hydrogens (tertiary/aromatic N) is 3. The zero-order valence-corrected chi connectivity index (χ0v) is 9.11. The van der Waals surface area contributed by atoms with E-state index in [1.807, 2.05) is 12.1 Å². The van der Waals surface area contributed by atoms with Crippen molar-refractivity contribution in [3.63, 3.8) is 0 Å². The van der Waals surface area contributed by atoms with Crippen molar-refractivity contribution < 1.29 is 9.34 Å². The summed E-state index contributed by atoms with van der Waals surface area (Å²) in [7, 11) is 0. The van der Waals surface area contributed by atoms with Crippen LogP contribution >= 0.6 is 0 Å². The zero-order chi connectivity index (χ0) is 12.5. The predicted octanol–water partition coefficient (Wildman–Crippen LogP) is 2.41. The summed E-state index contributed by atoms with van der Waals surface area (Å²) in [6.07, 6.45) is 3.53. The molecule has 1 aromatic carbocycles. The SMILES string of the molecule is O=[N+]([O-])c1cccc2oc(Nn3cccc3)nc12. The fourth-order valence-electron chi connectivity index (χ4n) is 1.65. The maximum absolute atomic E-state index is 10.8. The van der Waals surface area contributed by atoms with Crippen molar-refractivity contribution in [2.75, 3.05) is 5.43 Å². The van der Waals surface area contributed by atoms with Crippen LogP contribution in [0.25, 0.3) is 11.1 Å². The molecule has 0 fully saturated rings. The van der Waals surface area contributed by atoms with Gasteiger partial charge in [-0.15, -0.1) is 0 Å². The predicted molar refractivity (Wildman–Crippen MR) is 64.1 cm³/mol. The number of hydrogen-bond acceptors (Lipinski definition) is 5. The molecule has 0 aliphatic rings. The molecule has 0 unspecified atom stereocenters. The lowest BCUT2D eigenvalue weighted by Crippen LogP contribution is -2.05. The van der Waals surface area contributed by atoms with Crippen molar-refractivity contribution >= 4 is 22.8 Å². The van der Waals surface area contributed by atoms with Gasteiger partial charge < -0.3 is 4.42 Å². The highest BCUT2D eigenvalue weighted by molar-refractivity contribution is 5.83. The van der Waals surface area contributed by atoms with Gasteiger partial charge in [-0.1, -0.05) is 6.07 Å². The first kappa shape index (κ1) is 10.3. The molecule has 3 rings (SSSR count). The van der Waals surface area contributed by atoms with E-state index in [0.29, 0.717) is 5.58 Å². The number of aromatic nitrogens is 2. The zero-order valence-electron chi connectivity index (χ0n) is 9.11. The van der Waals surface area contributed by atoms with E-state index in [1.54, 1.807) is 29.2 Å². The summed E-state index contributed by atoms with van der Waals surface area (Å²) in [6.45, 7) is 0. The van der Waals surface area contributed by atoms with E-state index in [-0.39, 0.29) is 17.2 Å². The summed E-state index contributed by atoms with van der Waals surface area (Å²) < 4.78 is 7.02. The van der Waals surface area contributed by atoms with Gasteiger partial charge in [0, 0.05) is 18.5 Å². The van der Waals surface area contributed by atoms with Gasteiger partial charge in [-0.2, -0.15) is 4.98 Å². The third-order valence-electron chi connectivity index (χ3n) is 2.42. The van der Waals surface area contributed by atoms with Crippen molar-refractivity contribution in [2.45, 2.75) is 0 Å². The van der Waals surface area contributed by atoms with Crippen molar-refractivity contribution in [3.8, 4) is 0 Å². The minimum absolute atomic E-state index is 0.0724. The van der Waals surface area contributed by atoms with E-state index in [0.717, 1.165) is 0 Å². The van der Waals surface area contributed by atoms with Crippen molar-refractivity contribution in [1.82, 2.24) is 9.66 Å². The van der Waals surface area contributed by atoms with E-state index < -0.39 is 4.92 Å². The number of non-ortho nitro benzene ring substituents is 1. The molecule has 0 saturated carbocycles. The molecule has 0 radical (unpaired) electrons. The maximum Gasteiger partial charge on any atom is 0.315 e. The molecule has 3 aromatic rings. The number of benzene rings is 1. The molecule has 0 atom stereocenters. The number of nitrogens with one attached hydrogen (secondary N) is 1. The molecule has 0 saturated heterocycles. The summed E-state index contributed by atoms with van der Waals surface area (Å²) >= 11 is 0. The molecule has 0 aliphatic carbocycles. The van der Waals surface area contributed by atoms with Crippen molar-refractivity contribution in [1.29, 1.82) is 0 Å². The minimum Gasteiger partial charge on any atom is -0.422 e. The third kappa shape index (κ3) is 1.67. The Bertz CT molecular complexity index is 702. The first-order valence-electron chi connectivity index (χ1n) is 5.18. The molecule has 1 N–H and O–H groups in total. The molecule has 0 amide bonds. The van der Waals surface area contributed by atoms with E-state index >= 15 is 0 Å². The smallest absolute Gasteiger partial charge is 0.315 e. The normalized spacial score (nSPS) is 10.7. The second kappa shape index (κ2) is 3.88. The number of para-hydroxylation sites is 1. The number of nitro benzene ring substituents is 1. The minimum atomic E-state index is -0.482. The van der Waals surface area contributed by atoms with Gasteiger partial charge >= 0.3 is 6.01 Å². The molecule has 18 heavy (non-hydrogen) atoms. The Morgan fingerprint density at radius 1 is 1.28 bits per heavy atom. The summed E-state index contributed by atoms with van der Waals surface area (Å²) in [5.74, 6) is 0. The van der Waals surface area contributed by atoms with Gasteiger partial charge in [0.1, 0.15) is 0 Å². The number of oxazole rings is 1. The van der Waals surface area contributed by atoms with E-state index in [1.165, 1.54) is 6.07 Å². The Morgan fingerprint density at radius 3 is 2.78 bits per heavy atom. The quantitative estimate of drug-likeness (QED) is 0.564. The molecular formula is C11H8N4O3. The monoisotopic (exact) mass is 244 g/mol. The lowest BCUT2D eigenvalue weighted by atomic mass is 10.3. The molecule has 0 spiro atoms. The fourth-order valence-corrected chi connectivity index (χ4v) is 1.65. The van der Waals surface area contributed by atoms with Crippen LogP contribution in [0.1, 0.15) is 0 Å². The van der Waals surface area contributed by atoms with Gasteiger partial charge in [0.15, 0.2) is 11.1 Å². The van der Waals surface area contributed by atoms with Gasteiger partial charge in [-0.3, -0.25) is 14.8 Å². The van der Waals surface area contributed by atoms with Crippen LogP contribution in [0, 0.1) is 10.1 Å². The second-order valence-electron chi connectivity index (χ2n) is 3.60. The van der Waals surface area contributed by atoms with Crippen LogP contribution in [0.3, 0.4) is 0 Å². The van der Waals surface area contributed by atoms with Gasteiger partial charge in [-0.05, 0) is 18.2 Å². The van der Waals surface area contributed by atoms with E-state index in [9.17, 15) is 10.1 Å². The summed E-state index contributed by atoms with van der Waals surface area (Å²) in [4.78, 5) is 14.4. The molecule has 7 heteroatoms. The Kier molecular flexibility index (Phi) is 2.23. The average molecular weight is 244 g/mol. The molecule has 0 aliphatic heterocycles. The number of nitro groups is 1. The first-order chi connectivity index (χ1) is 8.74. The fraction of sp³-hybridized carbons (Fsp3) is 0. The Hall–Kier alpha value is -2.83. The number of hydrogen-bond donors (Lipinski definition) is 1. The van der Waals surface area contributed by atoms with Crippen LogP contribution in [0.15, 0.2) is 47.1 Å². The first-order valence-corrected chi connectivity index (χ1v) is 5.18. The Labute approximate surface area is 101 Å². The lowest BCUT2D eigenvalue weighted by molar-refractivity contribution is -0.383. The molecule has 7 nitrogen and oxygen atoms in total. The van der Waals surface area contributed by atoms with Crippen LogP contribution < -0.4 is 5.43 Å². The van der Waals surface area contributed by atoms with Gasteiger partial charge in [0.2, 0.25) is 0 Å². The number of rotatable bonds is 3.